The number of pyridine rings is 1. The van der Waals surface area contributed by atoms with Crippen molar-refractivity contribution in [3.05, 3.63) is 23.5 Å². The second-order valence-corrected chi connectivity index (χ2v) is 6.61. The molecular weight excluding hydrogens is 294 g/mol. The van der Waals surface area contributed by atoms with Crippen LogP contribution in [-0.2, 0) is 21.9 Å². The minimum Gasteiger partial charge on any atom is -0.399 e. The molecule has 0 bridgehead atoms. The lowest BCUT2D eigenvalue weighted by atomic mass is 9.78. The highest BCUT2D eigenvalue weighted by molar-refractivity contribution is 6.62. The molecule has 0 aliphatic carbocycles. The number of alkyl halides is 3. The van der Waals surface area contributed by atoms with Crippen LogP contribution in [-0.4, -0.2) is 23.3 Å². The van der Waals surface area contributed by atoms with Gasteiger partial charge in [-0.1, -0.05) is 13.3 Å². The van der Waals surface area contributed by atoms with E-state index in [4.69, 9.17) is 9.31 Å². The molecule has 0 radical (unpaired) electrons. The maximum absolute atomic E-state index is 13.0. The summed E-state index contributed by atoms with van der Waals surface area (Å²) < 4.78 is 50.8. The molecule has 0 amide bonds. The molecule has 2 rings (SSSR count). The number of rotatable bonds is 3. The molecule has 1 aliphatic rings. The zero-order valence-corrected chi connectivity index (χ0v) is 13.5. The highest BCUT2D eigenvalue weighted by atomic mass is 19.4. The molecular formula is C15H21BF3NO2. The first-order chi connectivity index (χ1) is 9.96. The number of halogens is 3. The molecule has 0 N–H and O–H groups in total. The van der Waals surface area contributed by atoms with Crippen molar-refractivity contribution >= 4 is 12.6 Å². The third-order valence-corrected chi connectivity index (χ3v) is 4.22. The van der Waals surface area contributed by atoms with Crippen LogP contribution < -0.4 is 5.46 Å². The summed E-state index contributed by atoms with van der Waals surface area (Å²) in [5.41, 5.74) is -1.32. The Labute approximate surface area is 129 Å². The van der Waals surface area contributed by atoms with Crippen molar-refractivity contribution in [3.8, 4) is 0 Å². The molecule has 2 heterocycles. The first kappa shape index (κ1) is 17.3. The van der Waals surface area contributed by atoms with E-state index in [0.29, 0.717) is 17.6 Å². The monoisotopic (exact) mass is 315 g/mol. The number of aromatic nitrogens is 1. The maximum atomic E-state index is 13.0. The zero-order chi connectivity index (χ0) is 16.8. The average Bonchev–Trinajstić information content (AvgIpc) is 2.57. The molecule has 1 saturated heterocycles. The Morgan fingerprint density at radius 1 is 1.09 bits per heavy atom. The van der Waals surface area contributed by atoms with Gasteiger partial charge in [-0.3, -0.25) is 0 Å². The Kier molecular flexibility index (Phi) is 4.34. The Hall–Kier alpha value is -1.08. The number of hydrogen-bond acceptors (Lipinski definition) is 3. The number of nitrogens with zero attached hydrogens (tertiary/aromatic N) is 1. The summed E-state index contributed by atoms with van der Waals surface area (Å²) in [7, 11) is -0.815. The molecule has 122 valence electrons. The Morgan fingerprint density at radius 2 is 1.64 bits per heavy atom. The van der Waals surface area contributed by atoms with Crippen molar-refractivity contribution in [2.24, 2.45) is 0 Å². The van der Waals surface area contributed by atoms with Crippen LogP contribution in [0.5, 0.6) is 0 Å². The van der Waals surface area contributed by atoms with Gasteiger partial charge in [0.25, 0.3) is 0 Å². The van der Waals surface area contributed by atoms with Gasteiger partial charge in [-0.25, -0.2) is 4.98 Å². The largest absolute Gasteiger partial charge is 0.494 e. The first-order valence-electron chi connectivity index (χ1n) is 7.40. The van der Waals surface area contributed by atoms with Gasteiger partial charge in [-0.2, -0.15) is 13.2 Å². The van der Waals surface area contributed by atoms with Gasteiger partial charge in [0.05, 0.1) is 11.2 Å². The normalized spacial score (nSPS) is 20.5. The van der Waals surface area contributed by atoms with E-state index in [1.165, 1.54) is 0 Å². The molecule has 22 heavy (non-hydrogen) atoms. The van der Waals surface area contributed by atoms with E-state index in [2.05, 4.69) is 4.98 Å². The lowest BCUT2D eigenvalue weighted by Gasteiger charge is -2.32. The topological polar surface area (TPSA) is 31.4 Å². The van der Waals surface area contributed by atoms with Gasteiger partial charge in [0.1, 0.15) is 5.69 Å². The van der Waals surface area contributed by atoms with Crippen LogP contribution in [0.4, 0.5) is 13.2 Å². The molecule has 1 aromatic rings. The SMILES string of the molecule is CCCc1cc(B2OC(C)(C)C(C)(C)O2)cc(C(F)(F)F)n1. The smallest absolute Gasteiger partial charge is 0.399 e. The third kappa shape index (κ3) is 3.30. The lowest BCUT2D eigenvalue weighted by molar-refractivity contribution is -0.141. The van der Waals surface area contributed by atoms with Crippen LogP contribution in [0.25, 0.3) is 0 Å². The van der Waals surface area contributed by atoms with E-state index in [9.17, 15) is 13.2 Å². The third-order valence-electron chi connectivity index (χ3n) is 4.22. The zero-order valence-electron chi connectivity index (χ0n) is 13.5. The van der Waals surface area contributed by atoms with Crippen LogP contribution in [0, 0.1) is 0 Å². The quantitative estimate of drug-likeness (QED) is 0.802. The fourth-order valence-corrected chi connectivity index (χ4v) is 2.26. The fraction of sp³-hybridized carbons (Fsp3) is 0.667. The summed E-state index contributed by atoms with van der Waals surface area (Å²) in [5, 5.41) is 0. The predicted octanol–water partition coefficient (Wildman–Crippen LogP) is 3.35. The van der Waals surface area contributed by atoms with E-state index in [-0.39, 0.29) is 0 Å². The summed E-state index contributed by atoms with van der Waals surface area (Å²) in [6.45, 7) is 9.37. The van der Waals surface area contributed by atoms with Gasteiger partial charge < -0.3 is 9.31 Å². The van der Waals surface area contributed by atoms with E-state index in [0.717, 1.165) is 12.5 Å². The summed E-state index contributed by atoms with van der Waals surface area (Å²) in [6, 6.07) is 2.65. The summed E-state index contributed by atoms with van der Waals surface area (Å²) in [6.07, 6.45) is -3.28. The maximum Gasteiger partial charge on any atom is 0.494 e. The Bertz CT molecular complexity index is 542. The minimum atomic E-state index is -4.48. The van der Waals surface area contributed by atoms with Crippen LogP contribution in [0.3, 0.4) is 0 Å². The second kappa shape index (κ2) is 5.53. The predicted molar refractivity (Wildman–Crippen MR) is 79.0 cm³/mol. The highest BCUT2D eigenvalue weighted by Crippen LogP contribution is 2.37. The fourth-order valence-electron chi connectivity index (χ4n) is 2.26. The van der Waals surface area contributed by atoms with E-state index < -0.39 is 30.2 Å². The van der Waals surface area contributed by atoms with Gasteiger partial charge in [0.15, 0.2) is 0 Å². The van der Waals surface area contributed by atoms with Crippen LogP contribution >= 0.6 is 0 Å². The van der Waals surface area contributed by atoms with Gasteiger partial charge in [-0.15, -0.1) is 0 Å². The van der Waals surface area contributed by atoms with Crippen molar-refractivity contribution in [3.63, 3.8) is 0 Å². The Balaban J connectivity index is 2.41. The van der Waals surface area contributed by atoms with Gasteiger partial charge in [0, 0.05) is 5.69 Å². The summed E-state index contributed by atoms with van der Waals surface area (Å²) in [4.78, 5) is 3.70. The van der Waals surface area contributed by atoms with E-state index in [1.54, 1.807) is 6.07 Å². The lowest BCUT2D eigenvalue weighted by Crippen LogP contribution is -2.41. The Morgan fingerprint density at radius 3 is 2.09 bits per heavy atom. The van der Waals surface area contributed by atoms with E-state index in [1.807, 2.05) is 34.6 Å². The molecule has 0 unspecified atom stereocenters. The van der Waals surface area contributed by atoms with Crippen molar-refractivity contribution in [1.29, 1.82) is 0 Å². The molecule has 0 saturated carbocycles. The van der Waals surface area contributed by atoms with Gasteiger partial charge >= 0.3 is 13.3 Å². The molecule has 0 spiro atoms. The summed E-state index contributed by atoms with van der Waals surface area (Å²) in [5.74, 6) is 0. The van der Waals surface area contributed by atoms with Gasteiger partial charge in [-0.05, 0) is 51.7 Å². The van der Waals surface area contributed by atoms with Crippen molar-refractivity contribution in [2.75, 3.05) is 0 Å². The minimum absolute atomic E-state index is 0.365. The second-order valence-electron chi connectivity index (χ2n) is 6.61. The molecule has 1 fully saturated rings. The van der Waals surface area contributed by atoms with Crippen molar-refractivity contribution in [1.82, 2.24) is 4.98 Å². The average molecular weight is 315 g/mol. The van der Waals surface area contributed by atoms with Crippen LogP contribution in [0.1, 0.15) is 52.4 Å². The van der Waals surface area contributed by atoms with Crippen molar-refractivity contribution < 1.29 is 22.5 Å². The first-order valence-corrected chi connectivity index (χ1v) is 7.40. The van der Waals surface area contributed by atoms with Crippen molar-refractivity contribution in [2.45, 2.75) is 64.8 Å². The van der Waals surface area contributed by atoms with E-state index >= 15 is 0 Å². The van der Waals surface area contributed by atoms with Crippen LogP contribution in [0.15, 0.2) is 12.1 Å². The van der Waals surface area contributed by atoms with Gasteiger partial charge in [0.2, 0.25) is 0 Å². The molecule has 0 aromatic carbocycles. The standard InChI is InChI=1S/C15H21BF3NO2/c1-6-7-11-8-10(9-12(20-11)15(17,18)19)16-21-13(2,3)14(4,5)22-16/h8-9H,6-7H2,1-5H3. The molecule has 3 nitrogen and oxygen atoms in total. The number of aryl methyl sites for hydroxylation is 1. The molecule has 1 aliphatic heterocycles. The number of hydrogen-bond donors (Lipinski definition) is 0. The highest BCUT2D eigenvalue weighted by Gasteiger charge is 2.52. The molecule has 1 aromatic heterocycles. The summed E-state index contributed by atoms with van der Waals surface area (Å²) >= 11 is 0. The molecule has 0 atom stereocenters. The molecule has 7 heteroatoms. The van der Waals surface area contributed by atoms with Crippen LogP contribution in [0.2, 0.25) is 0 Å².